The van der Waals surface area contributed by atoms with E-state index in [9.17, 15) is 9.59 Å². The van der Waals surface area contributed by atoms with Gasteiger partial charge in [0, 0.05) is 6.54 Å². The number of carboxylic acids is 1. The highest BCUT2D eigenvalue weighted by molar-refractivity contribution is 5.76. The molecular formula is C13H19N3O3. The smallest absolute Gasteiger partial charge is 0.315 e. The van der Waals surface area contributed by atoms with E-state index < -0.39 is 12.0 Å². The Morgan fingerprint density at radius 2 is 1.95 bits per heavy atom. The summed E-state index contributed by atoms with van der Waals surface area (Å²) in [5.41, 5.74) is 6.09. The number of rotatable bonds is 7. The lowest BCUT2D eigenvalue weighted by molar-refractivity contribution is -0.137. The van der Waals surface area contributed by atoms with Crippen LogP contribution in [0, 0.1) is 0 Å². The maximum atomic E-state index is 11.6. The standard InChI is InChI=1S/C13H19N3O3/c14-7-4-8-15-13(19)16-11(9-12(17)18)10-5-2-1-3-6-10/h1-3,5-6,11H,4,7-9,14H2,(H,17,18)(H2,15,16,19). The van der Waals surface area contributed by atoms with Crippen LogP contribution in [-0.2, 0) is 4.79 Å². The highest BCUT2D eigenvalue weighted by Gasteiger charge is 2.17. The number of carbonyl (C=O) groups excluding carboxylic acids is 1. The molecule has 6 heteroatoms. The molecule has 0 radical (unpaired) electrons. The van der Waals surface area contributed by atoms with Crippen molar-refractivity contribution in [2.24, 2.45) is 5.73 Å². The van der Waals surface area contributed by atoms with Gasteiger partial charge in [-0.25, -0.2) is 4.79 Å². The average molecular weight is 265 g/mol. The molecule has 6 nitrogen and oxygen atoms in total. The number of nitrogens with one attached hydrogen (secondary N) is 2. The summed E-state index contributed by atoms with van der Waals surface area (Å²) in [5, 5.41) is 14.2. The molecule has 2 amide bonds. The molecule has 0 fully saturated rings. The molecule has 1 rings (SSSR count). The molecule has 1 aromatic rings. The topological polar surface area (TPSA) is 104 Å². The van der Waals surface area contributed by atoms with Gasteiger partial charge in [0.15, 0.2) is 0 Å². The normalized spacial score (nSPS) is 11.6. The maximum absolute atomic E-state index is 11.6. The van der Waals surface area contributed by atoms with E-state index in [4.69, 9.17) is 10.8 Å². The lowest BCUT2D eigenvalue weighted by atomic mass is 10.0. The number of hydrogen-bond acceptors (Lipinski definition) is 3. The molecule has 0 aromatic heterocycles. The zero-order valence-corrected chi connectivity index (χ0v) is 10.6. The molecule has 0 bridgehead atoms. The van der Waals surface area contributed by atoms with E-state index in [2.05, 4.69) is 10.6 Å². The second kappa shape index (κ2) is 8.10. The van der Waals surface area contributed by atoms with Crippen molar-refractivity contribution in [1.82, 2.24) is 10.6 Å². The fraction of sp³-hybridized carbons (Fsp3) is 0.385. The van der Waals surface area contributed by atoms with Gasteiger partial charge in [-0.3, -0.25) is 4.79 Å². The van der Waals surface area contributed by atoms with Crippen molar-refractivity contribution in [2.75, 3.05) is 13.1 Å². The van der Waals surface area contributed by atoms with Crippen molar-refractivity contribution in [3.05, 3.63) is 35.9 Å². The van der Waals surface area contributed by atoms with Gasteiger partial charge in [0.05, 0.1) is 12.5 Å². The molecule has 0 aliphatic heterocycles. The first-order valence-electron chi connectivity index (χ1n) is 6.14. The van der Waals surface area contributed by atoms with Gasteiger partial charge in [0.25, 0.3) is 0 Å². The number of carbonyl (C=O) groups is 2. The quantitative estimate of drug-likeness (QED) is 0.548. The van der Waals surface area contributed by atoms with Gasteiger partial charge in [0.1, 0.15) is 0 Å². The van der Waals surface area contributed by atoms with E-state index in [-0.39, 0.29) is 12.5 Å². The minimum atomic E-state index is -0.962. The van der Waals surface area contributed by atoms with Gasteiger partial charge in [-0.05, 0) is 18.5 Å². The molecule has 0 aliphatic carbocycles. The van der Waals surface area contributed by atoms with Crippen molar-refractivity contribution < 1.29 is 14.7 Å². The number of nitrogens with two attached hydrogens (primary N) is 1. The number of hydrogen-bond donors (Lipinski definition) is 4. The van der Waals surface area contributed by atoms with E-state index >= 15 is 0 Å². The predicted octanol–water partition coefficient (Wildman–Crippen LogP) is 0.850. The second-order valence-corrected chi connectivity index (χ2v) is 4.10. The Bertz CT molecular complexity index is 409. The van der Waals surface area contributed by atoms with Gasteiger partial charge in [-0.1, -0.05) is 30.3 Å². The van der Waals surface area contributed by atoms with Gasteiger partial charge in [-0.15, -0.1) is 0 Å². The molecule has 1 unspecified atom stereocenters. The van der Waals surface area contributed by atoms with E-state index in [0.29, 0.717) is 19.5 Å². The van der Waals surface area contributed by atoms with E-state index in [1.807, 2.05) is 6.07 Å². The summed E-state index contributed by atoms with van der Waals surface area (Å²) in [7, 11) is 0. The van der Waals surface area contributed by atoms with Gasteiger partial charge in [-0.2, -0.15) is 0 Å². The third-order valence-corrected chi connectivity index (χ3v) is 2.55. The Morgan fingerprint density at radius 1 is 1.26 bits per heavy atom. The summed E-state index contributed by atoms with van der Waals surface area (Å²) in [6.45, 7) is 0.967. The van der Waals surface area contributed by atoms with Crippen molar-refractivity contribution in [3.63, 3.8) is 0 Å². The molecule has 19 heavy (non-hydrogen) atoms. The summed E-state index contributed by atoms with van der Waals surface area (Å²) < 4.78 is 0. The van der Waals surface area contributed by atoms with Crippen LogP contribution in [0.4, 0.5) is 4.79 Å². The van der Waals surface area contributed by atoms with Crippen molar-refractivity contribution in [3.8, 4) is 0 Å². The largest absolute Gasteiger partial charge is 0.481 e. The van der Waals surface area contributed by atoms with Crippen molar-refractivity contribution in [2.45, 2.75) is 18.9 Å². The second-order valence-electron chi connectivity index (χ2n) is 4.10. The van der Waals surface area contributed by atoms with E-state index in [1.165, 1.54) is 0 Å². The van der Waals surface area contributed by atoms with Crippen LogP contribution in [0.2, 0.25) is 0 Å². The fourth-order valence-corrected chi connectivity index (χ4v) is 1.63. The Labute approximate surface area is 112 Å². The first-order chi connectivity index (χ1) is 9.13. The summed E-state index contributed by atoms with van der Waals surface area (Å²) in [6.07, 6.45) is 0.524. The Hall–Kier alpha value is -2.08. The van der Waals surface area contributed by atoms with Crippen LogP contribution in [0.25, 0.3) is 0 Å². The minimum Gasteiger partial charge on any atom is -0.481 e. The van der Waals surface area contributed by atoms with Gasteiger partial charge < -0.3 is 21.5 Å². The number of urea groups is 1. The number of carboxylic acid groups (broad SMARTS) is 1. The van der Waals surface area contributed by atoms with Crippen molar-refractivity contribution >= 4 is 12.0 Å². The lowest BCUT2D eigenvalue weighted by Crippen LogP contribution is -2.39. The number of amides is 2. The third-order valence-electron chi connectivity index (χ3n) is 2.55. The first-order valence-corrected chi connectivity index (χ1v) is 6.14. The van der Waals surface area contributed by atoms with Crippen LogP contribution in [0.5, 0.6) is 0 Å². The zero-order chi connectivity index (χ0) is 14.1. The Morgan fingerprint density at radius 3 is 2.53 bits per heavy atom. The molecule has 0 aliphatic rings. The maximum Gasteiger partial charge on any atom is 0.315 e. The van der Waals surface area contributed by atoms with E-state index in [0.717, 1.165) is 5.56 Å². The monoisotopic (exact) mass is 265 g/mol. The van der Waals surface area contributed by atoms with Crippen LogP contribution < -0.4 is 16.4 Å². The van der Waals surface area contributed by atoms with Gasteiger partial charge >= 0.3 is 12.0 Å². The lowest BCUT2D eigenvalue weighted by Gasteiger charge is -2.17. The molecule has 0 heterocycles. The summed E-state index contributed by atoms with van der Waals surface area (Å²) >= 11 is 0. The van der Waals surface area contributed by atoms with Crippen LogP contribution in [0.15, 0.2) is 30.3 Å². The number of benzene rings is 1. The van der Waals surface area contributed by atoms with Crippen LogP contribution >= 0.6 is 0 Å². The molecule has 0 saturated carbocycles. The molecule has 5 N–H and O–H groups in total. The van der Waals surface area contributed by atoms with Crippen LogP contribution in [0.3, 0.4) is 0 Å². The molecule has 104 valence electrons. The zero-order valence-electron chi connectivity index (χ0n) is 10.6. The first kappa shape index (κ1) is 15.0. The Kier molecular flexibility index (Phi) is 6.38. The summed E-state index contributed by atoms with van der Waals surface area (Å²) in [4.78, 5) is 22.5. The van der Waals surface area contributed by atoms with Crippen molar-refractivity contribution in [1.29, 1.82) is 0 Å². The third kappa shape index (κ3) is 5.87. The molecule has 1 aromatic carbocycles. The molecule has 1 atom stereocenters. The summed E-state index contributed by atoms with van der Waals surface area (Å²) in [6, 6.07) is 8.08. The van der Waals surface area contributed by atoms with Crippen LogP contribution in [-0.4, -0.2) is 30.2 Å². The predicted molar refractivity (Wildman–Crippen MR) is 71.6 cm³/mol. The van der Waals surface area contributed by atoms with Crippen LogP contribution in [0.1, 0.15) is 24.4 Å². The van der Waals surface area contributed by atoms with Gasteiger partial charge in [0.2, 0.25) is 0 Å². The number of aliphatic carboxylic acids is 1. The summed E-state index contributed by atoms with van der Waals surface area (Å²) in [5.74, 6) is -0.962. The molecule has 0 spiro atoms. The van der Waals surface area contributed by atoms with E-state index in [1.54, 1.807) is 24.3 Å². The highest BCUT2D eigenvalue weighted by Crippen LogP contribution is 2.16. The fourth-order valence-electron chi connectivity index (χ4n) is 1.63. The minimum absolute atomic E-state index is 0.158. The highest BCUT2D eigenvalue weighted by atomic mass is 16.4. The average Bonchev–Trinajstić information content (AvgIpc) is 2.39. The molecule has 0 saturated heterocycles. The Balaban J connectivity index is 2.60. The SMILES string of the molecule is NCCCNC(=O)NC(CC(=O)O)c1ccccc1. The molecular weight excluding hydrogens is 246 g/mol.